The molecule has 0 aliphatic heterocycles. The Morgan fingerprint density at radius 1 is 0.636 bits per heavy atom. The molecule has 2 radical (unpaired) electrons. The molecular formula is C10H9B. The maximum absolute atomic E-state index is 5.59. The summed E-state index contributed by atoms with van der Waals surface area (Å²) in [6.07, 6.45) is 0. The molecule has 52 valence electrons. The van der Waals surface area contributed by atoms with Crippen LogP contribution >= 0.6 is 0 Å². The van der Waals surface area contributed by atoms with E-state index in [1.165, 1.54) is 0 Å². The summed E-state index contributed by atoms with van der Waals surface area (Å²) in [5.74, 6) is 0. The fourth-order valence-corrected chi connectivity index (χ4v) is 0.710. The van der Waals surface area contributed by atoms with Crippen LogP contribution in [0.2, 0.25) is 0 Å². The molecule has 1 rings (SSSR count). The van der Waals surface area contributed by atoms with Crippen LogP contribution in [0.4, 0.5) is 0 Å². The summed E-state index contributed by atoms with van der Waals surface area (Å²) in [5.41, 5.74) is 0.765. The van der Waals surface area contributed by atoms with Crippen molar-refractivity contribution in [2.75, 3.05) is 0 Å². The molecule has 0 N–H and O–H groups in total. The summed E-state index contributed by atoms with van der Waals surface area (Å²) in [4.78, 5) is 0. The molecule has 0 unspecified atom stereocenters. The Balaban J connectivity index is 3.11. The Hall–Kier alpha value is -1.24. The average Bonchev–Trinajstić information content (AvgIpc) is 2.03. The van der Waals surface area contributed by atoms with Gasteiger partial charge < -0.3 is 0 Å². The molecule has 0 fully saturated rings. The van der Waals surface area contributed by atoms with Gasteiger partial charge in [0.1, 0.15) is 7.85 Å². The van der Waals surface area contributed by atoms with E-state index < -0.39 is 0 Å². The lowest BCUT2D eigenvalue weighted by Crippen LogP contribution is -1.95. The van der Waals surface area contributed by atoms with Crippen LogP contribution in [0.15, 0.2) is 54.6 Å². The second kappa shape index (κ2) is 4.56. The van der Waals surface area contributed by atoms with E-state index in [1.807, 2.05) is 54.6 Å². The molecule has 0 bridgehead atoms. The van der Waals surface area contributed by atoms with Crippen LogP contribution in [-0.2, 0) is 0 Å². The molecule has 0 heterocycles. The quantitative estimate of drug-likeness (QED) is 0.480. The van der Waals surface area contributed by atoms with Gasteiger partial charge in [0.25, 0.3) is 0 Å². The molecule has 0 aromatic heterocycles. The maximum Gasteiger partial charge on any atom is 0.113 e. The van der Waals surface area contributed by atoms with Crippen LogP contribution < -0.4 is 5.46 Å². The first kappa shape index (κ1) is 7.87. The largest absolute Gasteiger partial charge is 0.113 e. The molecular weight excluding hydrogens is 131 g/mol. The Morgan fingerprint density at radius 2 is 1.00 bits per heavy atom. The smallest absolute Gasteiger partial charge is 0.0967 e. The molecule has 0 amide bonds. The van der Waals surface area contributed by atoms with Crippen LogP contribution in [0.3, 0.4) is 0 Å². The Kier molecular flexibility index (Phi) is 3.26. The van der Waals surface area contributed by atoms with Gasteiger partial charge in [-0.05, 0) is 0 Å². The molecule has 11 heavy (non-hydrogen) atoms. The molecule has 0 nitrogen and oxygen atoms in total. The van der Waals surface area contributed by atoms with E-state index in [9.17, 15) is 0 Å². The highest BCUT2D eigenvalue weighted by molar-refractivity contribution is 6.32. The zero-order valence-corrected chi connectivity index (χ0v) is 6.27. The third kappa shape index (κ3) is 3.46. The summed E-state index contributed by atoms with van der Waals surface area (Å²) in [5, 5.41) is 0. The van der Waals surface area contributed by atoms with Gasteiger partial charge in [0, 0.05) is 0 Å². The zero-order valence-electron chi connectivity index (χ0n) is 6.27. The molecule has 1 aromatic carbocycles. The number of rotatable bonds is 0. The van der Waals surface area contributed by atoms with Gasteiger partial charge in [-0.25, -0.2) is 0 Å². The predicted molar refractivity (Wildman–Crippen MR) is 49.5 cm³/mol. The Bertz CT molecular complexity index is 242. The minimum atomic E-state index is 0.765. The highest BCUT2D eigenvalue weighted by Crippen LogP contribution is 1.78. The van der Waals surface area contributed by atoms with E-state index in [0.717, 1.165) is 5.46 Å². The number of hydrogen-bond acceptors (Lipinski definition) is 0. The molecule has 0 aliphatic rings. The second-order valence-electron chi connectivity index (χ2n) is 2.18. The summed E-state index contributed by atoms with van der Waals surface area (Å²) in [6.45, 7) is 0. The fourth-order valence-electron chi connectivity index (χ4n) is 0.710. The van der Waals surface area contributed by atoms with Gasteiger partial charge in [-0.15, -0.1) is 0 Å². The molecule has 0 aliphatic carbocycles. The van der Waals surface area contributed by atoms with E-state index in [4.69, 9.17) is 7.85 Å². The van der Waals surface area contributed by atoms with Crippen molar-refractivity contribution in [3.8, 4) is 0 Å². The normalized spacial score (nSPS) is 8.36. The molecule has 0 saturated heterocycles. The lowest BCUT2D eigenvalue weighted by atomic mass is 9.98. The maximum atomic E-state index is 5.59. The lowest BCUT2D eigenvalue weighted by molar-refractivity contribution is 1.75. The van der Waals surface area contributed by atoms with Gasteiger partial charge in [-0.2, -0.15) is 0 Å². The van der Waals surface area contributed by atoms with Gasteiger partial charge in [0.15, 0.2) is 0 Å². The van der Waals surface area contributed by atoms with Crippen molar-refractivity contribution in [2.24, 2.45) is 0 Å². The first-order chi connectivity index (χ1) is 5.39. The fraction of sp³-hybridized carbons (Fsp3) is 0. The van der Waals surface area contributed by atoms with Gasteiger partial charge >= 0.3 is 0 Å². The standard InChI is InChI=1S/C10H9B/c11-10-8-6-4-2-1-3-5-7-9-10/h1-9H. The van der Waals surface area contributed by atoms with Crippen LogP contribution in [0.25, 0.3) is 0 Å². The van der Waals surface area contributed by atoms with Crippen LogP contribution in [0.1, 0.15) is 0 Å². The summed E-state index contributed by atoms with van der Waals surface area (Å²) in [7, 11) is 5.59. The van der Waals surface area contributed by atoms with E-state index >= 15 is 0 Å². The van der Waals surface area contributed by atoms with Crippen molar-refractivity contribution in [1.82, 2.24) is 0 Å². The predicted octanol–water partition coefficient (Wildman–Crippen LogP) is 1.60. The lowest BCUT2D eigenvalue weighted by Gasteiger charge is -1.80. The Morgan fingerprint density at radius 3 is 1.45 bits per heavy atom. The first-order valence-corrected chi connectivity index (χ1v) is 3.53. The van der Waals surface area contributed by atoms with Gasteiger partial charge in [-0.1, -0.05) is 60.1 Å². The second-order valence-corrected chi connectivity index (χ2v) is 2.18. The average molecular weight is 140 g/mol. The van der Waals surface area contributed by atoms with Crippen LogP contribution in [0, 0.1) is 0 Å². The minimum absolute atomic E-state index is 0.765. The van der Waals surface area contributed by atoms with Crippen molar-refractivity contribution >= 4 is 13.3 Å². The van der Waals surface area contributed by atoms with Crippen molar-refractivity contribution in [3.63, 3.8) is 0 Å². The zero-order chi connectivity index (χ0) is 7.94. The van der Waals surface area contributed by atoms with Crippen molar-refractivity contribution in [1.29, 1.82) is 0 Å². The monoisotopic (exact) mass is 140 g/mol. The molecule has 0 atom stereocenters. The molecule has 1 heteroatoms. The summed E-state index contributed by atoms with van der Waals surface area (Å²) in [6, 6.07) is 17.3. The van der Waals surface area contributed by atoms with E-state index in [2.05, 4.69) is 0 Å². The van der Waals surface area contributed by atoms with Gasteiger partial charge in [0.05, 0.1) is 0 Å². The summed E-state index contributed by atoms with van der Waals surface area (Å²) >= 11 is 0. The third-order valence-corrected chi connectivity index (χ3v) is 1.24. The molecule has 1 aromatic rings. The topological polar surface area (TPSA) is 0 Å². The van der Waals surface area contributed by atoms with Gasteiger partial charge in [-0.3, -0.25) is 0 Å². The van der Waals surface area contributed by atoms with Gasteiger partial charge in [0.2, 0.25) is 0 Å². The number of hydrogen-bond donors (Lipinski definition) is 0. The SMILES string of the molecule is [B]c1ccccccccc1. The molecule has 0 saturated carbocycles. The van der Waals surface area contributed by atoms with Crippen molar-refractivity contribution < 1.29 is 0 Å². The van der Waals surface area contributed by atoms with Crippen LogP contribution in [-0.4, -0.2) is 7.85 Å². The highest BCUT2D eigenvalue weighted by Gasteiger charge is 1.69. The third-order valence-electron chi connectivity index (χ3n) is 1.24. The van der Waals surface area contributed by atoms with Crippen molar-refractivity contribution in [3.05, 3.63) is 54.6 Å². The molecule has 0 spiro atoms. The van der Waals surface area contributed by atoms with Crippen LogP contribution in [0.5, 0.6) is 0 Å². The minimum Gasteiger partial charge on any atom is -0.0967 e. The first-order valence-electron chi connectivity index (χ1n) is 3.53. The van der Waals surface area contributed by atoms with E-state index in [1.54, 1.807) is 0 Å². The van der Waals surface area contributed by atoms with Crippen molar-refractivity contribution in [2.45, 2.75) is 0 Å². The Labute approximate surface area is 68.6 Å². The summed E-state index contributed by atoms with van der Waals surface area (Å²) < 4.78 is 0. The van der Waals surface area contributed by atoms with E-state index in [0.29, 0.717) is 0 Å². The van der Waals surface area contributed by atoms with E-state index in [-0.39, 0.29) is 0 Å². The highest BCUT2D eigenvalue weighted by atomic mass is 13.7.